The molecule has 25 heavy (non-hydrogen) atoms. The number of halogens is 2. The van der Waals surface area contributed by atoms with Gasteiger partial charge in [0.2, 0.25) is 15.9 Å². The number of anilines is 2. The summed E-state index contributed by atoms with van der Waals surface area (Å²) in [7, 11) is -2.31. The average molecular weight is 495 g/mol. The molecule has 0 aliphatic heterocycles. The van der Waals surface area contributed by atoms with Crippen LogP contribution in [0.25, 0.3) is 0 Å². The monoisotopic (exact) mass is 494 g/mol. The van der Waals surface area contributed by atoms with Crippen LogP contribution in [0.3, 0.4) is 0 Å². The maximum atomic E-state index is 12.3. The Morgan fingerprint density at radius 2 is 1.88 bits per heavy atom. The highest BCUT2D eigenvalue weighted by Crippen LogP contribution is 2.32. The van der Waals surface area contributed by atoms with Crippen LogP contribution in [0, 0.1) is 3.57 Å². The number of hydrogen-bond donors (Lipinski definition) is 1. The van der Waals surface area contributed by atoms with Crippen molar-refractivity contribution in [2.45, 2.75) is 0 Å². The summed E-state index contributed by atoms with van der Waals surface area (Å²) in [5.74, 6) is -0.175. The van der Waals surface area contributed by atoms with E-state index >= 15 is 0 Å². The van der Waals surface area contributed by atoms with E-state index in [9.17, 15) is 13.2 Å². The normalized spacial score (nSPS) is 11.0. The van der Waals surface area contributed by atoms with Crippen LogP contribution in [0.1, 0.15) is 0 Å². The Bertz CT molecular complexity index is 872. The van der Waals surface area contributed by atoms with Crippen molar-refractivity contribution in [1.82, 2.24) is 0 Å². The van der Waals surface area contributed by atoms with Gasteiger partial charge in [-0.15, -0.1) is 0 Å². The molecule has 2 aromatic carbocycles. The molecule has 0 radical (unpaired) electrons. The number of nitrogens with one attached hydrogen (secondary N) is 1. The third-order valence-electron chi connectivity index (χ3n) is 3.23. The maximum Gasteiger partial charge on any atom is 0.245 e. The van der Waals surface area contributed by atoms with Crippen LogP contribution in [-0.4, -0.2) is 34.2 Å². The number of sulfonamides is 1. The molecule has 0 heterocycles. The molecule has 0 atom stereocenters. The van der Waals surface area contributed by atoms with E-state index < -0.39 is 22.5 Å². The summed E-state index contributed by atoms with van der Waals surface area (Å²) < 4.78 is 31.6. The predicted octanol–water partition coefficient (Wildman–Crippen LogP) is 3.36. The van der Waals surface area contributed by atoms with Crippen molar-refractivity contribution in [3.63, 3.8) is 0 Å². The van der Waals surface area contributed by atoms with E-state index in [1.807, 2.05) is 12.1 Å². The third kappa shape index (κ3) is 5.48. The summed E-state index contributed by atoms with van der Waals surface area (Å²) >= 11 is 8.12. The molecule has 1 N–H and O–H groups in total. The summed E-state index contributed by atoms with van der Waals surface area (Å²) in [5.41, 5.74) is 0.784. The van der Waals surface area contributed by atoms with Crippen molar-refractivity contribution in [1.29, 1.82) is 0 Å². The highest BCUT2D eigenvalue weighted by molar-refractivity contribution is 14.1. The van der Waals surface area contributed by atoms with E-state index in [1.165, 1.54) is 13.2 Å². The number of nitrogens with zero attached hydrogens (tertiary/aromatic N) is 1. The number of carbonyl (C=O) groups is 1. The van der Waals surface area contributed by atoms with Gasteiger partial charge in [-0.2, -0.15) is 0 Å². The van der Waals surface area contributed by atoms with Gasteiger partial charge in [0, 0.05) is 14.3 Å². The maximum absolute atomic E-state index is 12.3. The van der Waals surface area contributed by atoms with Crippen LogP contribution in [0.15, 0.2) is 42.5 Å². The summed E-state index contributed by atoms with van der Waals surface area (Å²) in [4.78, 5) is 12.3. The molecular formula is C16H16ClIN2O4S. The lowest BCUT2D eigenvalue weighted by molar-refractivity contribution is -0.114. The molecule has 0 bridgehead atoms. The molecule has 2 aromatic rings. The molecule has 0 unspecified atom stereocenters. The van der Waals surface area contributed by atoms with E-state index in [2.05, 4.69) is 27.9 Å². The number of methoxy groups -OCH3 is 1. The van der Waals surface area contributed by atoms with Gasteiger partial charge in [0.05, 0.1) is 19.1 Å². The fourth-order valence-electron chi connectivity index (χ4n) is 2.10. The van der Waals surface area contributed by atoms with Crippen LogP contribution < -0.4 is 14.4 Å². The summed E-state index contributed by atoms with van der Waals surface area (Å²) in [6.07, 6.45) is 1.02. The van der Waals surface area contributed by atoms with Gasteiger partial charge in [0.25, 0.3) is 0 Å². The lowest BCUT2D eigenvalue weighted by atomic mass is 10.3. The van der Waals surface area contributed by atoms with E-state index in [0.29, 0.717) is 16.5 Å². The van der Waals surface area contributed by atoms with Crippen LogP contribution >= 0.6 is 34.2 Å². The third-order valence-corrected chi connectivity index (χ3v) is 5.31. The van der Waals surface area contributed by atoms with Gasteiger partial charge in [0.15, 0.2) is 0 Å². The fourth-order valence-corrected chi connectivity index (χ4v) is 3.48. The van der Waals surface area contributed by atoms with E-state index in [-0.39, 0.29) is 5.69 Å². The van der Waals surface area contributed by atoms with Crippen LogP contribution in [-0.2, 0) is 14.8 Å². The molecule has 6 nitrogen and oxygen atoms in total. The summed E-state index contributed by atoms with van der Waals surface area (Å²) in [6.45, 7) is -0.401. The SMILES string of the molecule is COc1ccc(Cl)cc1N(CC(=O)Nc1ccc(I)cc1)S(C)(=O)=O. The Balaban J connectivity index is 2.29. The lowest BCUT2D eigenvalue weighted by Gasteiger charge is -2.24. The average Bonchev–Trinajstić information content (AvgIpc) is 2.54. The van der Waals surface area contributed by atoms with Crippen molar-refractivity contribution in [3.05, 3.63) is 51.1 Å². The quantitative estimate of drug-likeness (QED) is 0.625. The van der Waals surface area contributed by atoms with Gasteiger partial charge in [-0.05, 0) is 65.1 Å². The molecule has 134 valence electrons. The van der Waals surface area contributed by atoms with Gasteiger partial charge in [0.1, 0.15) is 12.3 Å². The van der Waals surface area contributed by atoms with E-state index in [1.54, 1.807) is 24.3 Å². The topological polar surface area (TPSA) is 75.7 Å². The van der Waals surface area contributed by atoms with Gasteiger partial charge in [-0.25, -0.2) is 8.42 Å². The fraction of sp³-hybridized carbons (Fsp3) is 0.188. The highest BCUT2D eigenvalue weighted by Gasteiger charge is 2.24. The van der Waals surface area contributed by atoms with Crippen LogP contribution in [0.2, 0.25) is 5.02 Å². The molecule has 9 heteroatoms. The molecule has 0 fully saturated rings. The second-order valence-electron chi connectivity index (χ2n) is 5.14. The number of hydrogen-bond acceptors (Lipinski definition) is 4. The largest absolute Gasteiger partial charge is 0.495 e. The zero-order valence-electron chi connectivity index (χ0n) is 13.5. The Kier molecular flexibility index (Phi) is 6.53. The van der Waals surface area contributed by atoms with Gasteiger partial charge >= 0.3 is 0 Å². The lowest BCUT2D eigenvalue weighted by Crippen LogP contribution is -2.37. The van der Waals surface area contributed by atoms with Gasteiger partial charge in [-0.3, -0.25) is 9.10 Å². The molecular weight excluding hydrogens is 479 g/mol. The molecule has 0 spiro atoms. The van der Waals surface area contributed by atoms with Crippen LogP contribution in [0.4, 0.5) is 11.4 Å². The number of carbonyl (C=O) groups excluding carboxylic acids is 1. The first-order valence-electron chi connectivity index (χ1n) is 7.07. The summed E-state index contributed by atoms with van der Waals surface area (Å²) in [6, 6.07) is 11.7. The van der Waals surface area contributed by atoms with Gasteiger partial charge in [-0.1, -0.05) is 11.6 Å². The van der Waals surface area contributed by atoms with Crippen LogP contribution in [0.5, 0.6) is 5.75 Å². The second kappa shape index (κ2) is 8.24. The number of amides is 1. The molecule has 0 aliphatic carbocycles. The Labute approximate surface area is 165 Å². The molecule has 0 aliphatic rings. The Hall–Kier alpha value is -1.52. The standard InChI is InChI=1S/C16H16ClIN2O4S/c1-24-15-8-3-11(17)9-14(15)20(25(2,22)23)10-16(21)19-13-6-4-12(18)5-7-13/h3-9H,10H2,1-2H3,(H,19,21). The van der Waals surface area contributed by atoms with Gasteiger partial charge < -0.3 is 10.1 Å². The zero-order valence-corrected chi connectivity index (χ0v) is 17.2. The smallest absolute Gasteiger partial charge is 0.245 e. The van der Waals surface area contributed by atoms with Crippen molar-refractivity contribution in [3.8, 4) is 5.75 Å². The molecule has 1 amide bonds. The molecule has 2 rings (SSSR count). The molecule has 0 saturated carbocycles. The molecule has 0 saturated heterocycles. The first-order chi connectivity index (χ1) is 11.7. The van der Waals surface area contributed by atoms with E-state index in [0.717, 1.165) is 14.1 Å². The van der Waals surface area contributed by atoms with Crippen molar-refractivity contribution >= 4 is 61.5 Å². The number of benzene rings is 2. The Morgan fingerprint density at radius 1 is 1.24 bits per heavy atom. The minimum absolute atomic E-state index is 0.204. The van der Waals surface area contributed by atoms with Crippen molar-refractivity contribution < 1.29 is 17.9 Å². The first-order valence-corrected chi connectivity index (χ1v) is 10.4. The highest BCUT2D eigenvalue weighted by atomic mass is 127. The zero-order chi connectivity index (χ0) is 18.6. The second-order valence-corrected chi connectivity index (χ2v) is 8.73. The predicted molar refractivity (Wildman–Crippen MR) is 108 cm³/mol. The number of rotatable bonds is 6. The molecule has 0 aromatic heterocycles. The van der Waals surface area contributed by atoms with Crippen molar-refractivity contribution in [2.24, 2.45) is 0 Å². The van der Waals surface area contributed by atoms with Crippen molar-refractivity contribution in [2.75, 3.05) is 29.5 Å². The Morgan fingerprint density at radius 3 is 2.44 bits per heavy atom. The van der Waals surface area contributed by atoms with E-state index in [4.69, 9.17) is 16.3 Å². The minimum atomic E-state index is -3.73. The first kappa shape index (κ1) is 19.8. The summed E-state index contributed by atoms with van der Waals surface area (Å²) in [5, 5.41) is 3.01. The number of ether oxygens (including phenoxy) is 1. The minimum Gasteiger partial charge on any atom is -0.495 e.